The molecule has 0 aliphatic rings. The third-order valence-corrected chi connectivity index (χ3v) is 2.57. The number of hydrogen-bond donors (Lipinski definition) is 2. The van der Waals surface area contributed by atoms with Gasteiger partial charge in [-0.3, -0.25) is 0 Å². The van der Waals surface area contributed by atoms with Crippen LogP contribution in [-0.4, -0.2) is 32.0 Å². The van der Waals surface area contributed by atoms with E-state index in [-0.39, 0.29) is 12.4 Å². The zero-order chi connectivity index (χ0) is 12.8. The lowest BCUT2D eigenvalue weighted by molar-refractivity contribution is 0.172. The highest BCUT2D eigenvalue weighted by Gasteiger charge is 2.12. The van der Waals surface area contributed by atoms with Crippen LogP contribution in [0.4, 0.5) is 4.39 Å². The van der Waals surface area contributed by atoms with Crippen LogP contribution in [0.25, 0.3) is 0 Å². The molecule has 1 aromatic rings. The van der Waals surface area contributed by atoms with Crippen molar-refractivity contribution < 1.29 is 19.0 Å². The van der Waals surface area contributed by atoms with E-state index in [1.807, 2.05) is 0 Å². The zero-order valence-corrected chi connectivity index (χ0v) is 10.1. The number of halogens is 1. The van der Waals surface area contributed by atoms with Gasteiger partial charge in [0.05, 0.1) is 20.3 Å². The Kier molecular flexibility index (Phi) is 5.18. The normalized spacial score (nSPS) is 12.3. The molecule has 0 heterocycles. The molecule has 0 saturated carbocycles. The summed E-state index contributed by atoms with van der Waals surface area (Å²) < 4.78 is 23.7. The summed E-state index contributed by atoms with van der Waals surface area (Å²) >= 11 is 0. The van der Waals surface area contributed by atoms with Crippen LogP contribution in [0.5, 0.6) is 11.5 Å². The first-order valence-electron chi connectivity index (χ1n) is 5.40. The molecular weight excluding hydrogens is 225 g/mol. The highest BCUT2D eigenvalue weighted by atomic mass is 19.1. The molecule has 1 aromatic carbocycles. The molecule has 1 rings (SSSR count). The largest absolute Gasteiger partial charge is 0.493 e. The molecule has 5 heteroatoms. The van der Waals surface area contributed by atoms with Gasteiger partial charge >= 0.3 is 0 Å². The Labute approximate surface area is 100 Å². The fourth-order valence-electron chi connectivity index (χ4n) is 1.53. The third-order valence-electron chi connectivity index (χ3n) is 2.57. The van der Waals surface area contributed by atoms with Gasteiger partial charge in [-0.2, -0.15) is 0 Å². The van der Waals surface area contributed by atoms with E-state index < -0.39 is 6.10 Å². The smallest absolute Gasteiger partial charge is 0.163 e. The molecule has 0 amide bonds. The number of aliphatic hydroxyl groups excluding tert-OH is 1. The van der Waals surface area contributed by atoms with Crippen LogP contribution in [0, 0.1) is 5.82 Å². The Morgan fingerprint density at radius 3 is 2.41 bits per heavy atom. The summed E-state index contributed by atoms with van der Waals surface area (Å²) in [5, 5.41) is 9.33. The Balaban J connectivity index is 2.85. The van der Waals surface area contributed by atoms with Gasteiger partial charge in [-0.15, -0.1) is 0 Å². The lowest BCUT2D eigenvalue weighted by atomic mass is 10.1. The van der Waals surface area contributed by atoms with E-state index in [9.17, 15) is 9.50 Å². The summed E-state index contributed by atoms with van der Waals surface area (Å²) in [5.41, 5.74) is 5.77. The fraction of sp³-hybridized carbons (Fsp3) is 0.500. The molecule has 96 valence electrons. The van der Waals surface area contributed by atoms with Gasteiger partial charge in [-0.05, 0) is 24.5 Å². The molecule has 0 fully saturated rings. The average Bonchev–Trinajstić information content (AvgIpc) is 2.36. The molecule has 0 bridgehead atoms. The number of rotatable bonds is 6. The van der Waals surface area contributed by atoms with E-state index in [4.69, 9.17) is 15.2 Å². The number of hydrogen-bond acceptors (Lipinski definition) is 4. The molecule has 4 nitrogen and oxygen atoms in total. The second-order valence-corrected chi connectivity index (χ2v) is 3.73. The minimum absolute atomic E-state index is 0.176. The first-order chi connectivity index (χ1) is 8.12. The second kappa shape index (κ2) is 6.42. The van der Waals surface area contributed by atoms with E-state index >= 15 is 0 Å². The van der Waals surface area contributed by atoms with Crippen LogP contribution < -0.4 is 15.2 Å². The molecule has 0 spiro atoms. The van der Waals surface area contributed by atoms with Crippen LogP contribution in [-0.2, 0) is 6.42 Å². The third kappa shape index (κ3) is 3.57. The standard InChI is InChI=1S/C12H18FNO3/c1-16-11-5-8(3-4-9(15)7-14)10(13)6-12(11)17-2/h5-6,9,15H,3-4,7,14H2,1-2H3. The van der Waals surface area contributed by atoms with Crippen molar-refractivity contribution in [3.8, 4) is 11.5 Å². The van der Waals surface area contributed by atoms with Gasteiger partial charge in [0.25, 0.3) is 0 Å². The zero-order valence-electron chi connectivity index (χ0n) is 10.1. The summed E-state index contributed by atoms with van der Waals surface area (Å²) in [5.74, 6) is 0.464. The molecule has 3 N–H and O–H groups in total. The lowest BCUT2D eigenvalue weighted by Crippen LogP contribution is -2.20. The number of benzene rings is 1. The topological polar surface area (TPSA) is 64.7 Å². The average molecular weight is 243 g/mol. The number of methoxy groups -OCH3 is 2. The number of aryl methyl sites for hydroxylation is 1. The van der Waals surface area contributed by atoms with Gasteiger partial charge in [-0.1, -0.05) is 0 Å². The van der Waals surface area contributed by atoms with Crippen LogP contribution in [0.15, 0.2) is 12.1 Å². The van der Waals surface area contributed by atoms with Crippen molar-refractivity contribution in [2.24, 2.45) is 5.73 Å². The Morgan fingerprint density at radius 1 is 1.29 bits per heavy atom. The van der Waals surface area contributed by atoms with Crippen molar-refractivity contribution in [1.29, 1.82) is 0 Å². The van der Waals surface area contributed by atoms with E-state index in [1.165, 1.54) is 20.3 Å². The molecule has 1 atom stereocenters. The van der Waals surface area contributed by atoms with Crippen LogP contribution >= 0.6 is 0 Å². The Bertz CT molecular complexity index is 371. The maximum absolute atomic E-state index is 13.7. The number of nitrogens with two attached hydrogens (primary N) is 1. The fourth-order valence-corrected chi connectivity index (χ4v) is 1.53. The van der Waals surface area contributed by atoms with Crippen molar-refractivity contribution >= 4 is 0 Å². The van der Waals surface area contributed by atoms with Crippen LogP contribution in [0.3, 0.4) is 0 Å². The maximum atomic E-state index is 13.7. The van der Waals surface area contributed by atoms with Crippen molar-refractivity contribution in [3.05, 3.63) is 23.5 Å². The molecule has 1 unspecified atom stereocenters. The van der Waals surface area contributed by atoms with E-state index in [1.54, 1.807) is 6.07 Å². The van der Waals surface area contributed by atoms with Gasteiger partial charge in [0.15, 0.2) is 11.5 Å². The van der Waals surface area contributed by atoms with E-state index in [2.05, 4.69) is 0 Å². The van der Waals surface area contributed by atoms with Gasteiger partial charge in [0, 0.05) is 12.6 Å². The molecule has 0 aliphatic heterocycles. The molecule has 0 aliphatic carbocycles. The molecule has 0 radical (unpaired) electrons. The van der Waals surface area contributed by atoms with Crippen molar-refractivity contribution in [1.82, 2.24) is 0 Å². The predicted molar refractivity (Wildman–Crippen MR) is 62.9 cm³/mol. The van der Waals surface area contributed by atoms with E-state index in [0.29, 0.717) is 29.9 Å². The second-order valence-electron chi connectivity index (χ2n) is 3.73. The minimum Gasteiger partial charge on any atom is -0.493 e. The lowest BCUT2D eigenvalue weighted by Gasteiger charge is -2.12. The summed E-state index contributed by atoms with van der Waals surface area (Å²) in [7, 11) is 2.95. The van der Waals surface area contributed by atoms with Gasteiger partial charge < -0.3 is 20.3 Å². The Morgan fingerprint density at radius 2 is 1.88 bits per heavy atom. The summed E-state index contributed by atoms with van der Waals surface area (Å²) in [6.45, 7) is 0.176. The van der Waals surface area contributed by atoms with Gasteiger partial charge in [-0.25, -0.2) is 4.39 Å². The monoisotopic (exact) mass is 243 g/mol. The molecule has 17 heavy (non-hydrogen) atoms. The summed E-state index contributed by atoms with van der Waals surface area (Å²) in [6.07, 6.45) is 0.218. The van der Waals surface area contributed by atoms with Crippen molar-refractivity contribution in [3.63, 3.8) is 0 Å². The highest BCUT2D eigenvalue weighted by molar-refractivity contribution is 5.43. The van der Waals surface area contributed by atoms with E-state index in [0.717, 1.165) is 0 Å². The summed E-state index contributed by atoms with van der Waals surface area (Å²) in [6, 6.07) is 2.86. The van der Waals surface area contributed by atoms with Crippen LogP contribution in [0.2, 0.25) is 0 Å². The molecule has 0 aromatic heterocycles. The Hall–Kier alpha value is -1.33. The first kappa shape index (κ1) is 13.7. The predicted octanol–water partition coefficient (Wildman–Crippen LogP) is 1.10. The van der Waals surface area contributed by atoms with Gasteiger partial charge in [0.2, 0.25) is 0 Å². The molecule has 0 saturated heterocycles. The highest BCUT2D eigenvalue weighted by Crippen LogP contribution is 2.30. The van der Waals surface area contributed by atoms with Crippen molar-refractivity contribution in [2.45, 2.75) is 18.9 Å². The minimum atomic E-state index is -0.609. The maximum Gasteiger partial charge on any atom is 0.163 e. The first-order valence-corrected chi connectivity index (χ1v) is 5.40. The van der Waals surface area contributed by atoms with Crippen LogP contribution in [0.1, 0.15) is 12.0 Å². The quantitative estimate of drug-likeness (QED) is 0.785. The van der Waals surface area contributed by atoms with Crippen molar-refractivity contribution in [2.75, 3.05) is 20.8 Å². The number of ether oxygens (including phenoxy) is 2. The summed E-state index contributed by atoms with van der Waals surface area (Å²) in [4.78, 5) is 0. The number of aliphatic hydroxyl groups is 1. The van der Waals surface area contributed by atoms with Gasteiger partial charge in [0.1, 0.15) is 5.82 Å². The SMILES string of the molecule is COc1cc(F)c(CCC(O)CN)cc1OC. The molecular formula is C12H18FNO3.